The number of hydrogen-bond donors (Lipinski definition) is 1. The van der Waals surface area contributed by atoms with Gasteiger partial charge in [0.1, 0.15) is 6.04 Å². The van der Waals surface area contributed by atoms with Crippen LogP contribution in [0.15, 0.2) is 12.4 Å². The van der Waals surface area contributed by atoms with Gasteiger partial charge in [-0.05, 0) is 13.1 Å². The first-order valence-corrected chi connectivity index (χ1v) is 5.05. The molecular formula is C10H17N3O2. The monoisotopic (exact) mass is 211 g/mol. The summed E-state index contributed by atoms with van der Waals surface area (Å²) in [5.41, 5.74) is 0.730. The molecule has 1 heterocycles. The minimum absolute atomic E-state index is 0.589. The Hall–Kier alpha value is -1.36. The molecule has 0 radical (unpaired) electrons. The fourth-order valence-electron chi connectivity index (χ4n) is 1.68. The molecule has 0 saturated heterocycles. The smallest absolute Gasteiger partial charge is 0.325 e. The highest BCUT2D eigenvalue weighted by atomic mass is 16.4. The summed E-state index contributed by atoms with van der Waals surface area (Å²) < 4.78 is 1.62. The number of carboxylic acid groups (broad SMARTS) is 1. The van der Waals surface area contributed by atoms with Crippen LogP contribution in [0, 0.1) is 0 Å². The van der Waals surface area contributed by atoms with Crippen molar-refractivity contribution in [1.82, 2.24) is 14.7 Å². The largest absolute Gasteiger partial charge is 0.480 e. The lowest BCUT2D eigenvalue weighted by atomic mass is 10.1. The topological polar surface area (TPSA) is 58.4 Å². The number of likely N-dealkylation sites (N-methyl/N-ethyl adjacent to an activating group) is 1. The number of nitrogens with zero attached hydrogens (tertiary/aromatic N) is 3. The maximum atomic E-state index is 11.2. The molecule has 0 aliphatic rings. The predicted molar refractivity (Wildman–Crippen MR) is 56.5 cm³/mol. The Morgan fingerprint density at radius 2 is 2.20 bits per heavy atom. The molecule has 1 atom stereocenters. The fraction of sp³-hybridized carbons (Fsp3) is 0.600. The minimum atomic E-state index is -0.827. The first kappa shape index (κ1) is 11.7. The van der Waals surface area contributed by atoms with Crippen molar-refractivity contribution in [2.75, 3.05) is 13.1 Å². The lowest BCUT2D eigenvalue weighted by Crippen LogP contribution is -2.33. The van der Waals surface area contributed by atoms with Crippen LogP contribution in [0.5, 0.6) is 0 Å². The van der Waals surface area contributed by atoms with E-state index in [9.17, 15) is 9.90 Å². The van der Waals surface area contributed by atoms with Crippen LogP contribution < -0.4 is 0 Å². The number of carboxylic acids is 1. The molecule has 1 aromatic heterocycles. The first-order valence-electron chi connectivity index (χ1n) is 5.05. The van der Waals surface area contributed by atoms with Gasteiger partial charge in [-0.3, -0.25) is 14.4 Å². The number of carbonyl (C=O) groups is 1. The minimum Gasteiger partial charge on any atom is -0.480 e. The molecule has 0 bridgehead atoms. The summed E-state index contributed by atoms with van der Waals surface area (Å²) in [7, 11) is 1.78. The molecule has 0 spiro atoms. The van der Waals surface area contributed by atoms with Crippen molar-refractivity contribution in [3.05, 3.63) is 18.0 Å². The van der Waals surface area contributed by atoms with Gasteiger partial charge in [0, 0.05) is 18.8 Å². The van der Waals surface area contributed by atoms with Crippen molar-refractivity contribution in [1.29, 1.82) is 0 Å². The van der Waals surface area contributed by atoms with Crippen LogP contribution >= 0.6 is 0 Å². The van der Waals surface area contributed by atoms with E-state index in [0.29, 0.717) is 13.1 Å². The average Bonchev–Trinajstić information content (AvgIpc) is 2.59. The quantitative estimate of drug-likeness (QED) is 0.785. The summed E-state index contributed by atoms with van der Waals surface area (Å²) in [4.78, 5) is 13.1. The Morgan fingerprint density at radius 3 is 2.53 bits per heavy atom. The lowest BCUT2D eigenvalue weighted by molar-refractivity contribution is -0.143. The van der Waals surface area contributed by atoms with Gasteiger partial charge in [0.25, 0.3) is 0 Å². The summed E-state index contributed by atoms with van der Waals surface area (Å²) in [6.07, 6.45) is 3.36. The molecule has 0 aliphatic carbocycles. The second kappa shape index (κ2) is 4.93. The summed E-state index contributed by atoms with van der Waals surface area (Å²) in [6.45, 7) is 5.33. The summed E-state index contributed by atoms with van der Waals surface area (Å²) >= 11 is 0. The van der Waals surface area contributed by atoms with E-state index in [1.54, 1.807) is 24.1 Å². The lowest BCUT2D eigenvalue weighted by Gasteiger charge is -2.25. The van der Waals surface area contributed by atoms with Crippen molar-refractivity contribution >= 4 is 5.97 Å². The Bertz CT molecular complexity index is 331. The van der Waals surface area contributed by atoms with Crippen LogP contribution in [0.1, 0.15) is 25.5 Å². The molecule has 0 amide bonds. The molecule has 0 aromatic carbocycles. The van der Waals surface area contributed by atoms with Gasteiger partial charge in [0.15, 0.2) is 0 Å². The highest BCUT2D eigenvalue weighted by Crippen LogP contribution is 2.19. The van der Waals surface area contributed by atoms with Crippen LogP contribution in [0.2, 0.25) is 0 Å². The number of aliphatic carboxylic acids is 1. The van der Waals surface area contributed by atoms with E-state index in [1.165, 1.54) is 0 Å². The summed E-state index contributed by atoms with van der Waals surface area (Å²) in [6, 6.07) is -0.589. The number of aryl methyl sites for hydroxylation is 1. The molecule has 0 aliphatic heterocycles. The van der Waals surface area contributed by atoms with Gasteiger partial charge in [-0.1, -0.05) is 13.8 Å². The molecule has 0 saturated carbocycles. The van der Waals surface area contributed by atoms with Crippen LogP contribution in [0.4, 0.5) is 0 Å². The molecule has 1 unspecified atom stereocenters. The SMILES string of the molecule is CCN(CC)C(C(=O)O)c1cnn(C)c1. The van der Waals surface area contributed by atoms with Crippen molar-refractivity contribution in [3.63, 3.8) is 0 Å². The second-order valence-electron chi connectivity index (χ2n) is 3.41. The molecule has 5 nitrogen and oxygen atoms in total. The Kier molecular flexibility index (Phi) is 3.85. The van der Waals surface area contributed by atoms with E-state index in [1.807, 2.05) is 18.7 Å². The molecular weight excluding hydrogens is 194 g/mol. The zero-order valence-electron chi connectivity index (χ0n) is 9.34. The molecule has 5 heteroatoms. The molecule has 1 N–H and O–H groups in total. The van der Waals surface area contributed by atoms with Gasteiger partial charge in [-0.15, -0.1) is 0 Å². The summed E-state index contributed by atoms with van der Waals surface area (Å²) in [5.74, 6) is -0.827. The maximum Gasteiger partial charge on any atom is 0.325 e. The van der Waals surface area contributed by atoms with E-state index in [4.69, 9.17) is 0 Å². The molecule has 0 fully saturated rings. The van der Waals surface area contributed by atoms with Crippen molar-refractivity contribution < 1.29 is 9.90 Å². The van der Waals surface area contributed by atoms with E-state index in [-0.39, 0.29) is 0 Å². The van der Waals surface area contributed by atoms with Gasteiger partial charge < -0.3 is 5.11 Å². The molecule has 1 rings (SSSR count). The Balaban J connectivity index is 2.97. The number of rotatable bonds is 5. The van der Waals surface area contributed by atoms with E-state index in [0.717, 1.165) is 5.56 Å². The predicted octanol–water partition coefficient (Wildman–Crippen LogP) is 0.888. The zero-order valence-corrected chi connectivity index (χ0v) is 9.34. The van der Waals surface area contributed by atoms with Crippen LogP contribution in [-0.2, 0) is 11.8 Å². The fourth-order valence-corrected chi connectivity index (χ4v) is 1.68. The molecule has 84 valence electrons. The van der Waals surface area contributed by atoms with E-state index >= 15 is 0 Å². The average molecular weight is 211 g/mol. The number of aromatic nitrogens is 2. The van der Waals surface area contributed by atoms with Gasteiger partial charge in [0.2, 0.25) is 0 Å². The normalized spacial score (nSPS) is 13.1. The highest BCUT2D eigenvalue weighted by Gasteiger charge is 2.26. The van der Waals surface area contributed by atoms with Crippen molar-refractivity contribution in [2.24, 2.45) is 7.05 Å². The van der Waals surface area contributed by atoms with Gasteiger partial charge in [-0.25, -0.2) is 0 Å². The van der Waals surface area contributed by atoms with Crippen LogP contribution in [0.3, 0.4) is 0 Å². The van der Waals surface area contributed by atoms with Gasteiger partial charge in [-0.2, -0.15) is 5.10 Å². The molecule has 15 heavy (non-hydrogen) atoms. The van der Waals surface area contributed by atoms with Crippen molar-refractivity contribution in [3.8, 4) is 0 Å². The zero-order chi connectivity index (χ0) is 11.4. The maximum absolute atomic E-state index is 11.2. The molecule has 1 aromatic rings. The van der Waals surface area contributed by atoms with Gasteiger partial charge in [0.05, 0.1) is 6.20 Å². The number of hydrogen-bond acceptors (Lipinski definition) is 3. The van der Waals surface area contributed by atoms with Crippen LogP contribution in [0.25, 0.3) is 0 Å². The first-order chi connectivity index (χ1) is 7.10. The third kappa shape index (κ3) is 2.56. The second-order valence-corrected chi connectivity index (χ2v) is 3.41. The van der Waals surface area contributed by atoms with Crippen LogP contribution in [-0.4, -0.2) is 38.8 Å². The summed E-state index contributed by atoms with van der Waals surface area (Å²) in [5, 5.41) is 13.2. The Labute approximate surface area is 89.3 Å². The van der Waals surface area contributed by atoms with E-state index in [2.05, 4.69) is 5.10 Å². The third-order valence-electron chi connectivity index (χ3n) is 2.45. The standard InChI is InChI=1S/C10H17N3O2/c1-4-13(5-2)9(10(14)15)8-6-11-12(3)7-8/h6-7,9H,4-5H2,1-3H3,(H,14,15). The van der Waals surface area contributed by atoms with E-state index < -0.39 is 12.0 Å². The van der Waals surface area contributed by atoms with Gasteiger partial charge >= 0.3 is 5.97 Å². The van der Waals surface area contributed by atoms with Crippen molar-refractivity contribution in [2.45, 2.75) is 19.9 Å². The highest BCUT2D eigenvalue weighted by molar-refractivity contribution is 5.75. The third-order valence-corrected chi connectivity index (χ3v) is 2.45. The Morgan fingerprint density at radius 1 is 1.60 bits per heavy atom.